The largest absolute Gasteiger partial charge is 0.497 e. The molecule has 148 valence electrons. The van der Waals surface area contributed by atoms with Gasteiger partial charge < -0.3 is 14.5 Å². The number of nitrogens with zero attached hydrogens (tertiary/aromatic N) is 1. The topological polar surface area (TPSA) is 54.7 Å². The molecule has 1 amide bonds. The van der Waals surface area contributed by atoms with Crippen LogP contribution in [-0.2, 0) is 24.3 Å². The van der Waals surface area contributed by atoms with Gasteiger partial charge in [-0.3, -0.25) is 9.69 Å². The highest BCUT2D eigenvalue weighted by Gasteiger charge is 2.11. The van der Waals surface area contributed by atoms with E-state index in [2.05, 4.69) is 48.3 Å². The molecule has 0 bridgehead atoms. The molecule has 0 spiro atoms. The molecule has 0 radical (unpaired) electrons. The second kappa shape index (κ2) is 9.42. The molecule has 3 aromatic rings. The van der Waals surface area contributed by atoms with E-state index in [1.165, 1.54) is 5.56 Å². The first-order chi connectivity index (χ1) is 13.6. The lowest BCUT2D eigenvalue weighted by molar-refractivity contribution is -0.120. The van der Waals surface area contributed by atoms with Crippen molar-refractivity contribution >= 4 is 16.9 Å². The zero-order valence-corrected chi connectivity index (χ0v) is 16.8. The van der Waals surface area contributed by atoms with Crippen LogP contribution < -0.4 is 10.1 Å². The molecule has 1 heterocycles. The van der Waals surface area contributed by atoms with Crippen LogP contribution in [0.15, 0.2) is 53.1 Å². The summed E-state index contributed by atoms with van der Waals surface area (Å²) in [6.45, 7) is 7.92. The second-order valence-corrected chi connectivity index (χ2v) is 6.85. The monoisotopic (exact) mass is 380 g/mol. The molecule has 0 atom stereocenters. The van der Waals surface area contributed by atoms with Gasteiger partial charge in [-0.25, -0.2) is 0 Å². The Kier molecular flexibility index (Phi) is 6.71. The summed E-state index contributed by atoms with van der Waals surface area (Å²) in [7, 11) is 1.62. The molecule has 0 fully saturated rings. The molecule has 5 nitrogen and oxygen atoms in total. The van der Waals surface area contributed by atoms with E-state index >= 15 is 0 Å². The van der Waals surface area contributed by atoms with Crippen LogP contribution in [0.2, 0.25) is 0 Å². The van der Waals surface area contributed by atoms with Gasteiger partial charge >= 0.3 is 0 Å². The maximum Gasteiger partial charge on any atom is 0.224 e. The van der Waals surface area contributed by atoms with E-state index in [1.807, 2.05) is 18.2 Å². The minimum atomic E-state index is -0.0225. The van der Waals surface area contributed by atoms with Crippen LogP contribution >= 0.6 is 0 Å². The van der Waals surface area contributed by atoms with Crippen LogP contribution in [0.4, 0.5) is 0 Å². The highest BCUT2D eigenvalue weighted by molar-refractivity contribution is 5.88. The van der Waals surface area contributed by atoms with Gasteiger partial charge in [-0.2, -0.15) is 0 Å². The first-order valence-corrected chi connectivity index (χ1v) is 9.74. The molecule has 1 N–H and O–H groups in total. The average Bonchev–Trinajstić information content (AvgIpc) is 3.13. The first kappa shape index (κ1) is 20.0. The molecule has 5 heteroatoms. The van der Waals surface area contributed by atoms with Crippen molar-refractivity contribution in [1.29, 1.82) is 0 Å². The fourth-order valence-corrected chi connectivity index (χ4v) is 3.23. The van der Waals surface area contributed by atoms with E-state index < -0.39 is 0 Å². The number of carbonyl (C=O) groups is 1. The lowest BCUT2D eigenvalue weighted by Crippen LogP contribution is -2.24. The number of methoxy groups -OCH3 is 1. The van der Waals surface area contributed by atoms with Gasteiger partial charge in [0.25, 0.3) is 0 Å². The SMILES string of the molecule is CCN(CC)Cc1ccc(CNC(=O)Cc2coc3cc(OC)ccc23)cc1. The van der Waals surface area contributed by atoms with E-state index in [9.17, 15) is 4.79 Å². The van der Waals surface area contributed by atoms with Gasteiger partial charge in [-0.1, -0.05) is 38.1 Å². The molecule has 0 aliphatic heterocycles. The predicted molar refractivity (Wildman–Crippen MR) is 111 cm³/mol. The van der Waals surface area contributed by atoms with Crippen molar-refractivity contribution in [3.05, 3.63) is 65.4 Å². The number of nitrogens with one attached hydrogen (secondary N) is 1. The number of hydrogen-bond donors (Lipinski definition) is 1. The summed E-state index contributed by atoms with van der Waals surface area (Å²) in [5.74, 6) is 0.716. The van der Waals surface area contributed by atoms with Crippen molar-refractivity contribution in [2.75, 3.05) is 20.2 Å². The molecule has 0 unspecified atom stereocenters. The number of carbonyl (C=O) groups excluding carboxylic acids is 1. The maximum atomic E-state index is 12.4. The molecule has 0 saturated heterocycles. The molecule has 1 aromatic heterocycles. The maximum absolute atomic E-state index is 12.4. The van der Waals surface area contributed by atoms with Gasteiger partial charge in [0, 0.05) is 30.1 Å². The minimum absolute atomic E-state index is 0.0225. The van der Waals surface area contributed by atoms with Gasteiger partial charge in [0.05, 0.1) is 19.8 Å². The number of rotatable bonds is 9. The van der Waals surface area contributed by atoms with Gasteiger partial charge in [0.2, 0.25) is 5.91 Å². The summed E-state index contributed by atoms with van der Waals surface area (Å²) in [6, 6.07) is 14.1. The summed E-state index contributed by atoms with van der Waals surface area (Å²) in [4.78, 5) is 14.7. The third kappa shape index (κ3) is 4.93. The molecular formula is C23H28N2O3. The summed E-state index contributed by atoms with van der Waals surface area (Å²) in [5.41, 5.74) is 3.99. The van der Waals surface area contributed by atoms with Crippen molar-refractivity contribution < 1.29 is 13.9 Å². The quantitative estimate of drug-likeness (QED) is 0.606. The van der Waals surface area contributed by atoms with Crippen LogP contribution in [0.25, 0.3) is 11.0 Å². The van der Waals surface area contributed by atoms with Crippen molar-refractivity contribution in [1.82, 2.24) is 10.2 Å². The average molecular weight is 380 g/mol. The third-order valence-electron chi connectivity index (χ3n) is 5.03. The van der Waals surface area contributed by atoms with Crippen LogP contribution in [0.5, 0.6) is 5.75 Å². The second-order valence-electron chi connectivity index (χ2n) is 6.85. The van der Waals surface area contributed by atoms with E-state index in [0.29, 0.717) is 13.0 Å². The number of ether oxygens (including phenoxy) is 1. The summed E-state index contributed by atoms with van der Waals surface area (Å²) >= 11 is 0. The molecule has 0 aliphatic carbocycles. The molecule has 3 rings (SSSR count). The fraction of sp³-hybridized carbons (Fsp3) is 0.348. The highest BCUT2D eigenvalue weighted by atomic mass is 16.5. The molecule has 2 aromatic carbocycles. The van der Waals surface area contributed by atoms with Crippen molar-refractivity contribution in [3.8, 4) is 5.75 Å². The van der Waals surface area contributed by atoms with Crippen molar-refractivity contribution in [2.24, 2.45) is 0 Å². The van der Waals surface area contributed by atoms with E-state index in [4.69, 9.17) is 9.15 Å². The number of furan rings is 1. The smallest absolute Gasteiger partial charge is 0.224 e. The molecule has 0 aliphatic rings. The Hall–Kier alpha value is -2.79. The van der Waals surface area contributed by atoms with Crippen LogP contribution in [0.1, 0.15) is 30.5 Å². The zero-order valence-electron chi connectivity index (χ0n) is 16.8. The van der Waals surface area contributed by atoms with Gasteiger partial charge in [0.1, 0.15) is 11.3 Å². The zero-order chi connectivity index (χ0) is 19.9. The summed E-state index contributed by atoms with van der Waals surface area (Å²) in [5, 5.41) is 3.93. The van der Waals surface area contributed by atoms with Crippen molar-refractivity contribution in [3.63, 3.8) is 0 Å². The van der Waals surface area contributed by atoms with E-state index in [-0.39, 0.29) is 5.91 Å². The Morgan fingerprint density at radius 1 is 1.07 bits per heavy atom. The van der Waals surface area contributed by atoms with Gasteiger partial charge in [-0.05, 0) is 36.3 Å². The Balaban J connectivity index is 1.54. The molecule has 0 saturated carbocycles. The summed E-state index contributed by atoms with van der Waals surface area (Å²) < 4.78 is 10.8. The number of amides is 1. The first-order valence-electron chi connectivity index (χ1n) is 9.74. The van der Waals surface area contributed by atoms with Crippen molar-refractivity contribution in [2.45, 2.75) is 33.4 Å². The lowest BCUT2D eigenvalue weighted by atomic mass is 10.1. The Morgan fingerprint density at radius 2 is 1.79 bits per heavy atom. The fourth-order valence-electron chi connectivity index (χ4n) is 3.23. The minimum Gasteiger partial charge on any atom is -0.497 e. The third-order valence-corrected chi connectivity index (χ3v) is 5.03. The highest BCUT2D eigenvalue weighted by Crippen LogP contribution is 2.25. The Bertz CT molecular complexity index is 911. The van der Waals surface area contributed by atoms with Gasteiger partial charge in [0.15, 0.2) is 0 Å². The van der Waals surface area contributed by atoms with Gasteiger partial charge in [-0.15, -0.1) is 0 Å². The molecular weight excluding hydrogens is 352 g/mol. The Labute approximate surface area is 166 Å². The molecule has 28 heavy (non-hydrogen) atoms. The number of hydrogen-bond acceptors (Lipinski definition) is 4. The number of benzene rings is 2. The normalized spacial score (nSPS) is 11.1. The van der Waals surface area contributed by atoms with Crippen LogP contribution in [0, 0.1) is 0 Å². The predicted octanol–water partition coefficient (Wildman–Crippen LogP) is 4.14. The summed E-state index contributed by atoms with van der Waals surface area (Å²) in [6.07, 6.45) is 1.94. The lowest BCUT2D eigenvalue weighted by Gasteiger charge is -2.18. The van der Waals surface area contributed by atoms with E-state index in [1.54, 1.807) is 13.4 Å². The standard InChI is InChI=1S/C23H28N2O3/c1-4-25(5-2)15-18-8-6-17(7-9-18)14-24-23(26)12-19-16-28-22-13-20(27-3)10-11-21(19)22/h6-11,13,16H,4-5,12,14-15H2,1-3H3,(H,24,26). The van der Waals surface area contributed by atoms with Crippen LogP contribution in [-0.4, -0.2) is 31.0 Å². The number of fused-ring (bicyclic) bond motifs is 1. The van der Waals surface area contributed by atoms with Crippen LogP contribution in [0.3, 0.4) is 0 Å². The Morgan fingerprint density at radius 3 is 2.46 bits per heavy atom. The van der Waals surface area contributed by atoms with E-state index in [0.717, 1.165) is 47.5 Å².